The first-order valence-corrected chi connectivity index (χ1v) is 12.5. The van der Waals surface area contributed by atoms with Crippen LogP contribution in [0.15, 0.2) is 85.1 Å². The van der Waals surface area contributed by atoms with Gasteiger partial charge < -0.3 is 10.2 Å². The molecule has 0 aliphatic heterocycles. The van der Waals surface area contributed by atoms with E-state index in [2.05, 4.69) is 15.3 Å². The number of alkyl halides is 3. The van der Waals surface area contributed by atoms with Gasteiger partial charge in [-0.3, -0.25) is 4.79 Å². The topological polar surface area (TPSA) is 58.1 Å². The number of hydrogen-bond donors (Lipinski definition) is 1. The molecule has 1 aromatic heterocycles. The van der Waals surface area contributed by atoms with Crippen LogP contribution in [0.4, 0.5) is 23.5 Å². The fourth-order valence-electron chi connectivity index (χ4n) is 4.13. The quantitative estimate of drug-likeness (QED) is 0.228. The summed E-state index contributed by atoms with van der Waals surface area (Å²) in [6.45, 7) is 4.38. The van der Waals surface area contributed by atoms with Crippen LogP contribution < -0.4 is 5.32 Å². The molecule has 204 valence electrons. The third-order valence-corrected chi connectivity index (χ3v) is 6.18. The summed E-state index contributed by atoms with van der Waals surface area (Å²) in [5.41, 5.74) is 1.15. The Balaban J connectivity index is 0.00000441. The van der Waals surface area contributed by atoms with Gasteiger partial charge >= 0.3 is 6.18 Å². The highest BCUT2D eigenvalue weighted by atomic mass is 19.4. The van der Waals surface area contributed by atoms with Crippen molar-refractivity contribution in [2.24, 2.45) is 0 Å². The highest BCUT2D eigenvalue weighted by Crippen LogP contribution is 2.30. The zero-order chi connectivity index (χ0) is 28.0. The molecule has 4 aromatic rings. The van der Waals surface area contributed by atoms with E-state index < -0.39 is 17.6 Å². The maximum Gasteiger partial charge on any atom is 0.416 e. The highest BCUT2D eigenvalue weighted by molar-refractivity contribution is 6.00. The summed E-state index contributed by atoms with van der Waals surface area (Å²) in [4.78, 5) is 24.1. The van der Waals surface area contributed by atoms with Crippen LogP contribution in [-0.2, 0) is 19.1 Å². The molecule has 3 aromatic carbocycles. The third kappa shape index (κ3) is 6.98. The number of rotatable bonds is 9. The molecule has 0 saturated carbocycles. The first kappa shape index (κ1) is 27.8. The van der Waals surface area contributed by atoms with E-state index in [0.717, 1.165) is 17.7 Å². The number of hydrogen-bond acceptors (Lipinski definition) is 4. The Labute approximate surface area is 226 Å². The summed E-state index contributed by atoms with van der Waals surface area (Å²) >= 11 is 0. The number of nitrogens with one attached hydrogen (secondary N) is 1. The van der Waals surface area contributed by atoms with Crippen molar-refractivity contribution in [3.63, 3.8) is 0 Å². The summed E-state index contributed by atoms with van der Waals surface area (Å²) < 4.78 is 54.0. The maximum absolute atomic E-state index is 14.9. The predicted molar refractivity (Wildman–Crippen MR) is 145 cm³/mol. The predicted octanol–water partition coefficient (Wildman–Crippen LogP) is 7.25. The van der Waals surface area contributed by atoms with E-state index in [1.54, 1.807) is 23.1 Å². The van der Waals surface area contributed by atoms with E-state index >= 15 is 0 Å². The average Bonchev–Trinajstić information content (AvgIpc) is 2.92. The van der Waals surface area contributed by atoms with Crippen LogP contribution in [0.2, 0.25) is 0 Å². The van der Waals surface area contributed by atoms with Gasteiger partial charge in [0.15, 0.2) is 0 Å². The zero-order valence-electron chi connectivity index (χ0n) is 21.5. The largest absolute Gasteiger partial charge is 0.416 e. The molecule has 0 aliphatic rings. The molecule has 0 atom stereocenters. The molecule has 1 N–H and O–H groups in total. The van der Waals surface area contributed by atoms with Crippen molar-refractivity contribution >= 4 is 11.9 Å². The van der Waals surface area contributed by atoms with Crippen molar-refractivity contribution in [1.82, 2.24) is 14.9 Å². The van der Waals surface area contributed by atoms with Gasteiger partial charge in [0.25, 0.3) is 5.91 Å². The third-order valence-electron chi connectivity index (χ3n) is 6.18. The van der Waals surface area contributed by atoms with Gasteiger partial charge in [0.2, 0.25) is 5.95 Å². The fourth-order valence-corrected chi connectivity index (χ4v) is 4.13. The van der Waals surface area contributed by atoms with Crippen LogP contribution in [0.5, 0.6) is 0 Å². The molecule has 0 unspecified atom stereocenters. The van der Waals surface area contributed by atoms with Gasteiger partial charge in [-0.2, -0.15) is 13.2 Å². The summed E-state index contributed by atoms with van der Waals surface area (Å²) in [5.74, 6) is -0.752. The van der Waals surface area contributed by atoms with E-state index in [4.69, 9.17) is 0 Å². The summed E-state index contributed by atoms with van der Waals surface area (Å²) in [7, 11) is 0. The molecular weight excluding hydrogens is 508 g/mol. The summed E-state index contributed by atoms with van der Waals surface area (Å²) in [5, 5.41) is 2.99. The second-order valence-electron chi connectivity index (χ2n) is 9.32. The van der Waals surface area contributed by atoms with Gasteiger partial charge in [-0.25, -0.2) is 14.4 Å². The van der Waals surface area contributed by atoms with Crippen LogP contribution in [-0.4, -0.2) is 33.4 Å². The second-order valence-corrected chi connectivity index (χ2v) is 9.32. The normalized spacial score (nSPS) is 11.5. The Hall–Kier alpha value is -4.27. The van der Waals surface area contributed by atoms with Crippen LogP contribution >= 0.6 is 0 Å². The molecule has 39 heavy (non-hydrogen) atoms. The van der Waals surface area contributed by atoms with Crippen molar-refractivity contribution in [3.05, 3.63) is 113 Å². The van der Waals surface area contributed by atoms with E-state index in [1.807, 2.05) is 44.2 Å². The first-order valence-electron chi connectivity index (χ1n) is 12.5. The van der Waals surface area contributed by atoms with E-state index in [-0.39, 0.29) is 49.1 Å². The van der Waals surface area contributed by atoms with E-state index in [9.17, 15) is 22.4 Å². The van der Waals surface area contributed by atoms with Crippen LogP contribution in [0.1, 0.15) is 42.3 Å². The number of carbonyl (C=O) groups is 1. The van der Waals surface area contributed by atoms with Gasteiger partial charge in [-0.1, -0.05) is 60.7 Å². The lowest BCUT2D eigenvalue weighted by molar-refractivity contribution is -0.137. The highest BCUT2D eigenvalue weighted by Gasteiger charge is 2.30. The van der Waals surface area contributed by atoms with Gasteiger partial charge in [-0.15, -0.1) is 0 Å². The van der Waals surface area contributed by atoms with E-state index in [1.165, 1.54) is 24.4 Å². The maximum atomic E-state index is 14.9. The Morgan fingerprint density at radius 2 is 1.67 bits per heavy atom. The molecule has 0 bridgehead atoms. The number of halogens is 4. The van der Waals surface area contributed by atoms with Crippen molar-refractivity contribution in [2.75, 3.05) is 11.9 Å². The minimum absolute atomic E-state index is 0. The van der Waals surface area contributed by atoms with Crippen LogP contribution in [0.3, 0.4) is 0 Å². The Bertz CT molecular complexity index is 1430. The molecule has 1 amide bonds. The van der Waals surface area contributed by atoms with E-state index in [0.29, 0.717) is 12.1 Å². The Morgan fingerprint density at radius 3 is 2.36 bits per heavy atom. The van der Waals surface area contributed by atoms with Crippen molar-refractivity contribution < 1.29 is 23.8 Å². The van der Waals surface area contributed by atoms with Gasteiger partial charge in [0, 0.05) is 32.3 Å². The fraction of sp³-hybridized carbons (Fsp3) is 0.233. The number of amides is 1. The smallest absolute Gasteiger partial charge is 0.354 e. The lowest BCUT2D eigenvalue weighted by Crippen LogP contribution is -2.37. The Kier molecular flexibility index (Phi) is 8.59. The SMILES string of the molecule is CC(C)N(Cc1ccccc1)C(=O)c1cnc(NCCc2cccc(C(F)(F)F)c2)nc1-c1ccccc1F.[HH]. The number of carbonyl (C=O) groups excluding carboxylic acids is 1. The van der Waals surface area contributed by atoms with Crippen molar-refractivity contribution in [2.45, 2.75) is 39.0 Å². The van der Waals surface area contributed by atoms with Gasteiger partial charge in [-0.05, 0) is 49.6 Å². The lowest BCUT2D eigenvalue weighted by Gasteiger charge is -2.27. The molecular formula is C30H30F4N4O. The standard InChI is InChI=1S/C30H28F4N4O.H2/c1-20(2)38(19-22-9-4-3-5-10-22)28(39)25-18-36-29(37-27(25)24-13-6-7-14-26(24)31)35-16-15-21-11-8-12-23(17-21)30(32,33)34;/h3-14,17-18,20H,15-16,19H2,1-2H3,(H,35,36,37);1H. The number of anilines is 1. The minimum atomic E-state index is -4.42. The minimum Gasteiger partial charge on any atom is -0.354 e. The molecule has 5 nitrogen and oxygen atoms in total. The zero-order valence-corrected chi connectivity index (χ0v) is 21.5. The van der Waals surface area contributed by atoms with Crippen LogP contribution in [0.25, 0.3) is 11.3 Å². The molecule has 4 rings (SSSR count). The lowest BCUT2D eigenvalue weighted by atomic mass is 10.0. The molecule has 0 aliphatic carbocycles. The first-order chi connectivity index (χ1) is 18.6. The molecule has 0 saturated heterocycles. The average molecular weight is 539 g/mol. The Morgan fingerprint density at radius 1 is 0.974 bits per heavy atom. The number of benzene rings is 3. The monoisotopic (exact) mass is 538 g/mol. The van der Waals surface area contributed by atoms with Gasteiger partial charge in [0.05, 0.1) is 16.8 Å². The molecule has 0 spiro atoms. The summed E-state index contributed by atoms with van der Waals surface area (Å²) in [6.07, 6.45) is -2.78. The summed E-state index contributed by atoms with van der Waals surface area (Å²) in [6, 6.07) is 20.5. The second kappa shape index (κ2) is 12.1. The molecule has 0 fully saturated rings. The van der Waals surface area contributed by atoms with Crippen LogP contribution in [0, 0.1) is 5.82 Å². The number of aromatic nitrogens is 2. The molecule has 0 radical (unpaired) electrons. The molecule has 9 heteroatoms. The van der Waals surface area contributed by atoms with Crippen molar-refractivity contribution in [3.8, 4) is 11.3 Å². The molecule has 1 heterocycles. The van der Waals surface area contributed by atoms with Crippen molar-refractivity contribution in [1.29, 1.82) is 0 Å². The van der Waals surface area contributed by atoms with Gasteiger partial charge in [0.1, 0.15) is 5.82 Å². The number of nitrogens with zero attached hydrogens (tertiary/aromatic N) is 3.